The molecule has 0 N–H and O–H groups in total. The molecule has 0 atom stereocenters. The van der Waals surface area contributed by atoms with Crippen LogP contribution in [0.25, 0.3) is 0 Å². The highest BCUT2D eigenvalue weighted by molar-refractivity contribution is 5.90. The maximum absolute atomic E-state index is 11.7. The van der Waals surface area contributed by atoms with E-state index in [1.54, 1.807) is 0 Å². The Morgan fingerprint density at radius 2 is 1.94 bits per heavy atom. The Morgan fingerprint density at radius 1 is 1.19 bits per heavy atom. The van der Waals surface area contributed by atoms with Gasteiger partial charge in [0, 0.05) is 0 Å². The zero-order chi connectivity index (χ0) is 11.8. The van der Waals surface area contributed by atoms with E-state index >= 15 is 0 Å². The Morgan fingerprint density at radius 3 is 2.62 bits per heavy atom. The summed E-state index contributed by atoms with van der Waals surface area (Å²) in [7, 11) is 0. The lowest BCUT2D eigenvalue weighted by Gasteiger charge is -2.06. The Kier molecular flexibility index (Phi) is 5.62. The number of hydrogen-bond acceptors (Lipinski definition) is 2. The molecule has 0 bridgehead atoms. The largest absolute Gasteiger partial charge is 0.462 e. The van der Waals surface area contributed by atoms with Crippen molar-refractivity contribution < 1.29 is 9.53 Å². The minimum atomic E-state index is -0.199. The molecule has 1 rings (SSSR count). The number of ether oxygens (including phenoxy) is 1. The number of rotatable bonds is 6. The molecule has 0 aliphatic carbocycles. The second-order valence-electron chi connectivity index (χ2n) is 4.01. The Balaban J connectivity index is 2.33. The van der Waals surface area contributed by atoms with Crippen LogP contribution in [0.3, 0.4) is 0 Å². The molecular weight excluding hydrogens is 200 g/mol. The van der Waals surface area contributed by atoms with Gasteiger partial charge < -0.3 is 4.74 Å². The third kappa shape index (κ3) is 4.05. The third-order valence-electron chi connectivity index (χ3n) is 2.60. The molecule has 0 heterocycles. The second-order valence-corrected chi connectivity index (χ2v) is 4.01. The molecule has 1 aromatic carbocycles. The van der Waals surface area contributed by atoms with Crippen LogP contribution in [0.2, 0.25) is 0 Å². The lowest BCUT2D eigenvalue weighted by Crippen LogP contribution is -2.07. The van der Waals surface area contributed by atoms with Crippen LogP contribution in [0.5, 0.6) is 0 Å². The van der Waals surface area contributed by atoms with Gasteiger partial charge >= 0.3 is 5.97 Å². The molecule has 0 aliphatic rings. The number of esters is 1. The standard InChI is InChI=1S/C14H20O2/c1-3-4-5-8-11-16-14(15)13-10-7-6-9-12(13)2/h6-7,9-10H,3-5,8,11H2,1-2H3. The van der Waals surface area contributed by atoms with Crippen molar-refractivity contribution in [2.45, 2.75) is 39.5 Å². The highest BCUT2D eigenvalue weighted by Gasteiger charge is 2.08. The van der Waals surface area contributed by atoms with Crippen LogP contribution in [0.1, 0.15) is 48.5 Å². The molecule has 0 radical (unpaired) electrons. The monoisotopic (exact) mass is 220 g/mol. The molecule has 2 nitrogen and oxygen atoms in total. The summed E-state index contributed by atoms with van der Waals surface area (Å²) in [6.45, 7) is 4.63. The second kappa shape index (κ2) is 7.04. The fraction of sp³-hybridized carbons (Fsp3) is 0.500. The molecule has 2 heteroatoms. The number of hydrogen-bond donors (Lipinski definition) is 0. The van der Waals surface area contributed by atoms with Crippen molar-refractivity contribution >= 4 is 5.97 Å². The molecule has 0 saturated heterocycles. The lowest BCUT2D eigenvalue weighted by molar-refractivity contribution is 0.0497. The Hall–Kier alpha value is -1.31. The van der Waals surface area contributed by atoms with Gasteiger partial charge in [-0.05, 0) is 25.0 Å². The van der Waals surface area contributed by atoms with E-state index in [4.69, 9.17) is 4.74 Å². The molecule has 1 aromatic rings. The van der Waals surface area contributed by atoms with Gasteiger partial charge in [0.15, 0.2) is 0 Å². The van der Waals surface area contributed by atoms with Gasteiger partial charge in [-0.1, -0.05) is 44.4 Å². The molecule has 0 saturated carbocycles. The van der Waals surface area contributed by atoms with Gasteiger partial charge in [-0.2, -0.15) is 0 Å². The minimum Gasteiger partial charge on any atom is -0.462 e. The maximum Gasteiger partial charge on any atom is 0.338 e. The van der Waals surface area contributed by atoms with E-state index in [0.717, 1.165) is 18.4 Å². The smallest absolute Gasteiger partial charge is 0.338 e. The van der Waals surface area contributed by atoms with Crippen LogP contribution in [-0.4, -0.2) is 12.6 Å². The van der Waals surface area contributed by atoms with E-state index in [9.17, 15) is 4.79 Å². The molecule has 0 fully saturated rings. The maximum atomic E-state index is 11.7. The van der Waals surface area contributed by atoms with Crippen LogP contribution in [0.15, 0.2) is 24.3 Å². The van der Waals surface area contributed by atoms with Gasteiger partial charge in [-0.25, -0.2) is 4.79 Å². The van der Waals surface area contributed by atoms with Crippen LogP contribution >= 0.6 is 0 Å². The van der Waals surface area contributed by atoms with E-state index in [2.05, 4.69) is 6.92 Å². The fourth-order valence-corrected chi connectivity index (χ4v) is 1.57. The van der Waals surface area contributed by atoms with Crippen molar-refractivity contribution in [3.8, 4) is 0 Å². The number of benzene rings is 1. The summed E-state index contributed by atoms with van der Waals surface area (Å²) >= 11 is 0. The summed E-state index contributed by atoms with van der Waals surface area (Å²) in [5, 5.41) is 0. The normalized spacial score (nSPS) is 10.1. The van der Waals surface area contributed by atoms with Gasteiger partial charge in [0.25, 0.3) is 0 Å². The quantitative estimate of drug-likeness (QED) is 0.539. The van der Waals surface area contributed by atoms with Crippen LogP contribution in [0.4, 0.5) is 0 Å². The van der Waals surface area contributed by atoms with Gasteiger partial charge in [-0.3, -0.25) is 0 Å². The summed E-state index contributed by atoms with van der Waals surface area (Å²) in [5.41, 5.74) is 1.65. The molecule has 0 unspecified atom stereocenters. The third-order valence-corrected chi connectivity index (χ3v) is 2.60. The van der Waals surface area contributed by atoms with E-state index in [-0.39, 0.29) is 5.97 Å². The van der Waals surface area contributed by atoms with Crippen molar-refractivity contribution in [3.05, 3.63) is 35.4 Å². The first-order valence-corrected chi connectivity index (χ1v) is 5.98. The number of aryl methyl sites for hydroxylation is 1. The fourth-order valence-electron chi connectivity index (χ4n) is 1.57. The average molecular weight is 220 g/mol. The highest BCUT2D eigenvalue weighted by Crippen LogP contribution is 2.09. The summed E-state index contributed by atoms with van der Waals surface area (Å²) in [4.78, 5) is 11.7. The number of carbonyl (C=O) groups excluding carboxylic acids is 1. The molecule has 0 amide bonds. The first-order valence-electron chi connectivity index (χ1n) is 5.98. The number of carbonyl (C=O) groups is 1. The van der Waals surface area contributed by atoms with Crippen molar-refractivity contribution in [1.29, 1.82) is 0 Å². The zero-order valence-electron chi connectivity index (χ0n) is 10.2. The first kappa shape index (κ1) is 12.8. The molecule has 0 spiro atoms. The van der Waals surface area contributed by atoms with Crippen molar-refractivity contribution in [1.82, 2.24) is 0 Å². The highest BCUT2D eigenvalue weighted by atomic mass is 16.5. The summed E-state index contributed by atoms with van der Waals surface area (Å²) in [6.07, 6.45) is 4.51. The molecular formula is C14H20O2. The van der Waals surface area contributed by atoms with Gasteiger partial charge in [-0.15, -0.1) is 0 Å². The van der Waals surface area contributed by atoms with Crippen LogP contribution in [-0.2, 0) is 4.74 Å². The predicted octanol–water partition coefficient (Wildman–Crippen LogP) is 3.73. The predicted molar refractivity (Wildman–Crippen MR) is 65.6 cm³/mol. The van der Waals surface area contributed by atoms with Crippen LogP contribution < -0.4 is 0 Å². The van der Waals surface area contributed by atoms with Crippen molar-refractivity contribution in [3.63, 3.8) is 0 Å². The van der Waals surface area contributed by atoms with Gasteiger partial charge in [0.05, 0.1) is 12.2 Å². The van der Waals surface area contributed by atoms with Crippen LogP contribution in [0, 0.1) is 6.92 Å². The molecule has 88 valence electrons. The summed E-state index contributed by atoms with van der Waals surface area (Å²) in [5.74, 6) is -0.199. The summed E-state index contributed by atoms with van der Waals surface area (Å²) in [6, 6.07) is 7.52. The van der Waals surface area contributed by atoms with E-state index in [1.165, 1.54) is 12.8 Å². The van der Waals surface area contributed by atoms with Gasteiger partial charge in [0.1, 0.15) is 0 Å². The van der Waals surface area contributed by atoms with Gasteiger partial charge in [0.2, 0.25) is 0 Å². The van der Waals surface area contributed by atoms with E-state index < -0.39 is 0 Å². The first-order chi connectivity index (χ1) is 7.75. The SMILES string of the molecule is CCCCCCOC(=O)c1ccccc1C. The lowest BCUT2D eigenvalue weighted by atomic mass is 10.1. The van der Waals surface area contributed by atoms with Crippen molar-refractivity contribution in [2.24, 2.45) is 0 Å². The molecule has 0 aromatic heterocycles. The topological polar surface area (TPSA) is 26.3 Å². The zero-order valence-corrected chi connectivity index (χ0v) is 10.2. The number of unbranched alkanes of at least 4 members (excludes halogenated alkanes) is 3. The summed E-state index contributed by atoms with van der Waals surface area (Å²) < 4.78 is 5.22. The minimum absolute atomic E-state index is 0.199. The van der Waals surface area contributed by atoms with E-state index in [1.807, 2.05) is 31.2 Å². The average Bonchev–Trinajstić information content (AvgIpc) is 2.29. The molecule has 16 heavy (non-hydrogen) atoms. The Labute approximate surface area is 97.6 Å². The van der Waals surface area contributed by atoms with Crippen molar-refractivity contribution in [2.75, 3.05) is 6.61 Å². The molecule has 0 aliphatic heterocycles. The van der Waals surface area contributed by atoms with E-state index in [0.29, 0.717) is 12.2 Å². The Bertz CT molecular complexity index is 331.